The fourth-order valence-electron chi connectivity index (χ4n) is 2.03. The minimum absolute atomic E-state index is 0.246. The van der Waals surface area contributed by atoms with Crippen molar-refractivity contribution in [1.82, 2.24) is 9.88 Å². The topological polar surface area (TPSA) is 42.4 Å². The summed E-state index contributed by atoms with van der Waals surface area (Å²) in [6.07, 6.45) is 1.03. The smallest absolute Gasteiger partial charge is 0.319 e. The number of halogens is 1. The van der Waals surface area contributed by atoms with Gasteiger partial charge in [-0.3, -0.25) is 9.69 Å². The molecule has 0 amide bonds. The Morgan fingerprint density at radius 3 is 2.64 bits per heavy atom. The van der Waals surface area contributed by atoms with Crippen LogP contribution in [0, 0.1) is 0 Å². The molecule has 0 aliphatic carbocycles. The van der Waals surface area contributed by atoms with Crippen LogP contribution in [0.25, 0.3) is 10.6 Å². The first-order chi connectivity index (χ1) is 10.5. The average molecular weight is 383 g/mol. The molecule has 0 spiro atoms. The molecule has 0 bridgehead atoms. The van der Waals surface area contributed by atoms with E-state index in [0.29, 0.717) is 6.54 Å². The fourth-order valence-corrected chi connectivity index (χ4v) is 3.52. The van der Waals surface area contributed by atoms with Crippen molar-refractivity contribution in [2.45, 2.75) is 19.9 Å². The Labute approximate surface area is 143 Å². The number of aromatic nitrogens is 1. The van der Waals surface area contributed by atoms with Gasteiger partial charge in [0.05, 0.1) is 23.1 Å². The van der Waals surface area contributed by atoms with Crippen molar-refractivity contribution in [3.05, 3.63) is 39.3 Å². The van der Waals surface area contributed by atoms with Crippen molar-refractivity contribution in [3.8, 4) is 10.6 Å². The zero-order chi connectivity index (χ0) is 16.1. The molecule has 0 radical (unpaired) electrons. The number of likely N-dealkylation sites (N-methyl/N-ethyl adjacent to an activating group) is 1. The van der Waals surface area contributed by atoms with E-state index in [9.17, 15) is 4.79 Å². The third kappa shape index (κ3) is 4.38. The Morgan fingerprint density at radius 2 is 2.05 bits per heavy atom. The predicted octanol–water partition coefficient (Wildman–Crippen LogP) is 3.74. The van der Waals surface area contributed by atoms with Gasteiger partial charge in [0.25, 0.3) is 0 Å². The van der Waals surface area contributed by atoms with Crippen LogP contribution in [0.15, 0.2) is 28.1 Å². The maximum absolute atomic E-state index is 11.3. The molecule has 0 unspecified atom stereocenters. The van der Waals surface area contributed by atoms with Crippen LogP contribution < -0.4 is 0 Å². The number of hydrogen-bond acceptors (Lipinski definition) is 5. The van der Waals surface area contributed by atoms with Crippen LogP contribution in [-0.2, 0) is 22.5 Å². The summed E-state index contributed by atoms with van der Waals surface area (Å²) in [5, 5.41) is 0.982. The summed E-state index contributed by atoms with van der Waals surface area (Å²) < 4.78 is 5.67. The van der Waals surface area contributed by atoms with Crippen LogP contribution in [0.1, 0.15) is 18.2 Å². The Balaban J connectivity index is 2.11. The van der Waals surface area contributed by atoms with Crippen LogP contribution in [0.2, 0.25) is 0 Å². The standard InChI is InChI=1S/C16H19BrN2O2S/c1-4-11-5-7-12(8-6-11)16-18-13(15(17)22-16)9-19(2)10-14(20)21-3/h5-8H,4,9-10H2,1-3H3. The highest BCUT2D eigenvalue weighted by molar-refractivity contribution is 9.11. The molecule has 0 fully saturated rings. The van der Waals surface area contributed by atoms with Crippen molar-refractivity contribution in [2.75, 3.05) is 20.7 Å². The van der Waals surface area contributed by atoms with Crippen LogP contribution in [0.4, 0.5) is 0 Å². The summed E-state index contributed by atoms with van der Waals surface area (Å²) in [6.45, 7) is 2.99. The highest BCUT2D eigenvalue weighted by Crippen LogP contribution is 2.32. The lowest BCUT2D eigenvalue weighted by Crippen LogP contribution is -2.26. The molecule has 0 saturated heterocycles. The third-order valence-electron chi connectivity index (χ3n) is 3.31. The maximum Gasteiger partial charge on any atom is 0.319 e. The second kappa shape index (κ2) is 7.85. The third-order valence-corrected chi connectivity index (χ3v) is 5.18. The van der Waals surface area contributed by atoms with E-state index >= 15 is 0 Å². The Hall–Kier alpha value is -1.24. The van der Waals surface area contributed by atoms with Gasteiger partial charge in [-0.25, -0.2) is 4.98 Å². The highest BCUT2D eigenvalue weighted by atomic mass is 79.9. The molecule has 1 aromatic carbocycles. The van der Waals surface area contributed by atoms with E-state index in [1.807, 2.05) is 11.9 Å². The minimum Gasteiger partial charge on any atom is -0.468 e. The summed E-state index contributed by atoms with van der Waals surface area (Å²) in [5.41, 5.74) is 3.37. The molecule has 0 saturated carbocycles. The molecule has 118 valence electrons. The first-order valence-electron chi connectivity index (χ1n) is 7.03. The van der Waals surface area contributed by atoms with Gasteiger partial charge < -0.3 is 4.74 Å². The quantitative estimate of drug-likeness (QED) is 0.713. The molecule has 0 atom stereocenters. The van der Waals surface area contributed by atoms with Crippen molar-refractivity contribution in [3.63, 3.8) is 0 Å². The average Bonchev–Trinajstić information content (AvgIpc) is 2.88. The second-order valence-corrected chi connectivity index (χ2v) is 7.36. The Morgan fingerprint density at radius 1 is 1.36 bits per heavy atom. The maximum atomic E-state index is 11.3. The van der Waals surface area contributed by atoms with Gasteiger partial charge in [0, 0.05) is 12.1 Å². The zero-order valence-corrected chi connectivity index (χ0v) is 15.3. The number of aryl methyl sites for hydroxylation is 1. The molecular weight excluding hydrogens is 364 g/mol. The molecule has 4 nitrogen and oxygen atoms in total. The molecule has 0 aliphatic heterocycles. The predicted molar refractivity (Wildman–Crippen MR) is 93.0 cm³/mol. The summed E-state index contributed by atoms with van der Waals surface area (Å²) >= 11 is 5.18. The number of thiazole rings is 1. The molecular formula is C16H19BrN2O2S. The largest absolute Gasteiger partial charge is 0.468 e. The number of carbonyl (C=O) groups is 1. The summed E-state index contributed by atoms with van der Waals surface area (Å²) in [4.78, 5) is 17.9. The van der Waals surface area contributed by atoms with E-state index in [1.54, 1.807) is 11.3 Å². The number of rotatable bonds is 6. The lowest BCUT2D eigenvalue weighted by atomic mass is 10.1. The number of esters is 1. The van der Waals surface area contributed by atoms with E-state index < -0.39 is 0 Å². The van der Waals surface area contributed by atoms with Crippen LogP contribution >= 0.6 is 27.3 Å². The van der Waals surface area contributed by atoms with Crippen molar-refractivity contribution in [1.29, 1.82) is 0 Å². The van der Waals surface area contributed by atoms with Crippen molar-refractivity contribution in [2.24, 2.45) is 0 Å². The van der Waals surface area contributed by atoms with Crippen LogP contribution in [-0.4, -0.2) is 36.6 Å². The number of ether oxygens (including phenoxy) is 1. The monoisotopic (exact) mass is 382 g/mol. The van der Waals surface area contributed by atoms with Gasteiger partial charge in [0.15, 0.2) is 0 Å². The van der Waals surface area contributed by atoms with E-state index in [2.05, 4.69) is 56.8 Å². The first kappa shape index (κ1) is 17.1. The van der Waals surface area contributed by atoms with Gasteiger partial charge in [-0.2, -0.15) is 0 Å². The van der Waals surface area contributed by atoms with Crippen molar-refractivity contribution >= 4 is 33.2 Å². The molecule has 1 aromatic heterocycles. The highest BCUT2D eigenvalue weighted by Gasteiger charge is 2.14. The van der Waals surface area contributed by atoms with Crippen molar-refractivity contribution < 1.29 is 9.53 Å². The van der Waals surface area contributed by atoms with E-state index in [4.69, 9.17) is 0 Å². The first-order valence-corrected chi connectivity index (χ1v) is 8.64. The van der Waals surface area contributed by atoms with E-state index in [0.717, 1.165) is 26.5 Å². The summed E-state index contributed by atoms with van der Waals surface area (Å²) in [5.74, 6) is -0.246. The van der Waals surface area contributed by atoms with Crippen LogP contribution in [0.3, 0.4) is 0 Å². The number of benzene rings is 1. The van der Waals surface area contributed by atoms with E-state index in [1.165, 1.54) is 12.7 Å². The SMILES string of the molecule is CCc1ccc(-c2nc(CN(C)CC(=O)OC)c(Br)s2)cc1. The van der Waals surface area contributed by atoms with Gasteiger partial charge in [0.1, 0.15) is 5.01 Å². The fraction of sp³-hybridized carbons (Fsp3) is 0.375. The zero-order valence-electron chi connectivity index (χ0n) is 12.9. The molecule has 1 heterocycles. The summed E-state index contributed by atoms with van der Waals surface area (Å²) in [7, 11) is 3.27. The van der Waals surface area contributed by atoms with Gasteiger partial charge in [-0.1, -0.05) is 31.2 Å². The molecule has 0 aliphatic rings. The molecule has 6 heteroatoms. The lowest BCUT2D eigenvalue weighted by molar-refractivity contribution is -0.141. The number of nitrogens with zero attached hydrogens (tertiary/aromatic N) is 2. The summed E-state index contributed by atoms with van der Waals surface area (Å²) in [6, 6.07) is 8.47. The molecule has 2 aromatic rings. The van der Waals surface area contributed by atoms with Gasteiger partial charge in [-0.15, -0.1) is 11.3 Å². The second-order valence-electron chi connectivity index (χ2n) is 5.04. The Bertz CT molecular complexity index is 640. The lowest BCUT2D eigenvalue weighted by Gasteiger charge is -2.13. The molecule has 22 heavy (non-hydrogen) atoms. The van der Waals surface area contributed by atoms with Gasteiger partial charge >= 0.3 is 5.97 Å². The molecule has 2 rings (SSSR count). The Kier molecular flexibility index (Phi) is 6.11. The molecule has 0 N–H and O–H groups in total. The normalized spacial score (nSPS) is 11.0. The van der Waals surface area contributed by atoms with E-state index in [-0.39, 0.29) is 12.5 Å². The minimum atomic E-state index is -0.246. The number of methoxy groups -OCH3 is 1. The van der Waals surface area contributed by atoms with Crippen LogP contribution in [0.5, 0.6) is 0 Å². The van der Waals surface area contributed by atoms with Gasteiger partial charge in [-0.05, 0) is 35.0 Å². The van der Waals surface area contributed by atoms with Gasteiger partial charge in [0.2, 0.25) is 0 Å². The number of carbonyl (C=O) groups excluding carboxylic acids is 1. The number of hydrogen-bond donors (Lipinski definition) is 0.